The van der Waals surface area contributed by atoms with Crippen LogP contribution >= 0.6 is 11.6 Å². The third-order valence-corrected chi connectivity index (χ3v) is 2.11. The van der Waals surface area contributed by atoms with E-state index in [1.165, 1.54) is 20.1 Å². The second-order valence-corrected chi connectivity index (χ2v) is 3.27. The van der Waals surface area contributed by atoms with Crippen molar-refractivity contribution in [3.63, 3.8) is 0 Å². The lowest BCUT2D eigenvalue weighted by Gasteiger charge is -2.06. The number of anilines is 1. The molecule has 0 bridgehead atoms. The van der Waals surface area contributed by atoms with Crippen molar-refractivity contribution in [2.24, 2.45) is 0 Å². The van der Waals surface area contributed by atoms with Crippen LogP contribution in [-0.2, 0) is 4.74 Å². The minimum absolute atomic E-state index is 0.0819. The molecular formula is C10H10ClNO3. The predicted octanol–water partition coefficient (Wildman–Crippen LogP) is 2.72. The number of ether oxygens (including phenoxy) is 1. The number of carbonyl (C=O) groups excluding carboxylic acids is 2. The van der Waals surface area contributed by atoms with E-state index < -0.39 is 6.09 Å². The van der Waals surface area contributed by atoms with Crippen molar-refractivity contribution in [3.05, 3.63) is 28.8 Å². The van der Waals surface area contributed by atoms with Crippen LogP contribution in [0.2, 0.25) is 5.02 Å². The fraction of sp³-hybridized carbons (Fsp3) is 0.200. The number of halogens is 1. The highest BCUT2D eigenvalue weighted by Crippen LogP contribution is 2.23. The summed E-state index contributed by atoms with van der Waals surface area (Å²) < 4.78 is 4.41. The van der Waals surface area contributed by atoms with Gasteiger partial charge in [0.2, 0.25) is 0 Å². The van der Waals surface area contributed by atoms with Gasteiger partial charge in [0.15, 0.2) is 5.78 Å². The number of hydrogen-bond donors (Lipinski definition) is 1. The van der Waals surface area contributed by atoms with Gasteiger partial charge in [-0.2, -0.15) is 0 Å². The lowest BCUT2D eigenvalue weighted by atomic mass is 10.1. The SMILES string of the molecule is COC(=O)Nc1ccc(C(C)=O)cc1Cl. The first-order valence-corrected chi connectivity index (χ1v) is 4.58. The van der Waals surface area contributed by atoms with E-state index in [9.17, 15) is 9.59 Å². The molecule has 0 aliphatic rings. The van der Waals surface area contributed by atoms with E-state index in [2.05, 4.69) is 10.1 Å². The van der Waals surface area contributed by atoms with E-state index in [1.54, 1.807) is 12.1 Å². The zero-order chi connectivity index (χ0) is 11.4. The van der Waals surface area contributed by atoms with Crippen LogP contribution < -0.4 is 5.32 Å². The largest absolute Gasteiger partial charge is 0.453 e. The Kier molecular flexibility index (Phi) is 3.68. The number of rotatable bonds is 2. The summed E-state index contributed by atoms with van der Waals surface area (Å²) in [6.07, 6.45) is -0.604. The summed E-state index contributed by atoms with van der Waals surface area (Å²) in [4.78, 5) is 21.9. The van der Waals surface area contributed by atoms with Gasteiger partial charge in [0, 0.05) is 5.56 Å². The smallest absolute Gasteiger partial charge is 0.411 e. The lowest BCUT2D eigenvalue weighted by Crippen LogP contribution is -2.11. The number of benzene rings is 1. The second kappa shape index (κ2) is 4.79. The average molecular weight is 228 g/mol. The monoisotopic (exact) mass is 227 g/mol. The molecule has 0 heterocycles. The predicted molar refractivity (Wildman–Crippen MR) is 57.5 cm³/mol. The van der Waals surface area contributed by atoms with Crippen molar-refractivity contribution < 1.29 is 14.3 Å². The van der Waals surface area contributed by atoms with Gasteiger partial charge in [0.1, 0.15) is 0 Å². The highest BCUT2D eigenvalue weighted by molar-refractivity contribution is 6.34. The summed E-state index contributed by atoms with van der Waals surface area (Å²) in [5, 5.41) is 2.72. The molecule has 80 valence electrons. The average Bonchev–Trinajstić information content (AvgIpc) is 2.20. The van der Waals surface area contributed by atoms with Crippen LogP contribution in [0.15, 0.2) is 18.2 Å². The summed E-state index contributed by atoms with van der Waals surface area (Å²) in [6.45, 7) is 1.44. The Labute approximate surface area is 92.2 Å². The number of Topliss-reactive ketones (excluding diaryl/α,β-unsaturated/α-hetero) is 1. The molecule has 0 aromatic heterocycles. The lowest BCUT2D eigenvalue weighted by molar-refractivity contribution is 0.101. The maximum absolute atomic E-state index is 11.0. The van der Waals surface area contributed by atoms with Crippen molar-refractivity contribution in [3.8, 4) is 0 Å². The molecule has 1 N–H and O–H groups in total. The number of methoxy groups -OCH3 is 1. The first-order chi connectivity index (χ1) is 7.04. The fourth-order valence-electron chi connectivity index (χ4n) is 0.996. The highest BCUT2D eigenvalue weighted by Gasteiger charge is 2.07. The molecular weight excluding hydrogens is 218 g/mol. The number of nitrogens with one attached hydrogen (secondary N) is 1. The molecule has 1 amide bonds. The topological polar surface area (TPSA) is 55.4 Å². The van der Waals surface area contributed by atoms with Crippen molar-refractivity contribution in [2.45, 2.75) is 6.92 Å². The summed E-state index contributed by atoms with van der Waals surface area (Å²) in [5.41, 5.74) is 0.906. The van der Waals surface area contributed by atoms with Gasteiger partial charge in [-0.25, -0.2) is 4.79 Å². The zero-order valence-electron chi connectivity index (χ0n) is 8.33. The highest BCUT2D eigenvalue weighted by atomic mass is 35.5. The summed E-state index contributed by atoms with van der Waals surface area (Å²) in [6, 6.07) is 4.63. The summed E-state index contributed by atoms with van der Waals surface area (Å²) >= 11 is 5.85. The van der Waals surface area contributed by atoms with Crippen molar-refractivity contribution >= 4 is 29.2 Å². The van der Waals surface area contributed by atoms with E-state index in [4.69, 9.17) is 11.6 Å². The standard InChI is InChI=1S/C10H10ClNO3/c1-6(13)7-3-4-9(8(11)5-7)12-10(14)15-2/h3-5H,1-2H3,(H,12,14). The number of carbonyl (C=O) groups is 2. The molecule has 0 aliphatic heterocycles. The van der Waals surface area contributed by atoms with Gasteiger partial charge >= 0.3 is 6.09 Å². The Bertz CT molecular complexity index is 404. The quantitative estimate of drug-likeness (QED) is 0.791. The third kappa shape index (κ3) is 2.95. The summed E-state index contributed by atoms with van der Waals surface area (Å²) in [5.74, 6) is -0.0819. The van der Waals surface area contributed by atoms with Gasteiger partial charge in [-0.1, -0.05) is 11.6 Å². The maximum Gasteiger partial charge on any atom is 0.411 e. The van der Waals surface area contributed by atoms with Crippen molar-refractivity contribution in [2.75, 3.05) is 12.4 Å². The van der Waals surface area contributed by atoms with Crippen molar-refractivity contribution in [1.29, 1.82) is 0 Å². The van der Waals surface area contributed by atoms with Crippen LogP contribution in [-0.4, -0.2) is 19.0 Å². The molecule has 0 fully saturated rings. The van der Waals surface area contributed by atoms with E-state index in [0.29, 0.717) is 16.3 Å². The molecule has 0 unspecified atom stereocenters. The minimum Gasteiger partial charge on any atom is -0.453 e. The molecule has 1 aromatic rings. The molecule has 15 heavy (non-hydrogen) atoms. The van der Waals surface area contributed by atoms with Gasteiger partial charge in [-0.15, -0.1) is 0 Å². The summed E-state index contributed by atoms with van der Waals surface area (Å²) in [7, 11) is 1.26. The Morgan fingerprint density at radius 2 is 2.07 bits per heavy atom. The van der Waals surface area contributed by atoms with Gasteiger partial charge in [-0.3, -0.25) is 10.1 Å². The Morgan fingerprint density at radius 1 is 1.40 bits per heavy atom. The first kappa shape index (κ1) is 11.5. The second-order valence-electron chi connectivity index (χ2n) is 2.87. The Hall–Kier alpha value is -1.55. The number of hydrogen-bond acceptors (Lipinski definition) is 3. The molecule has 0 spiro atoms. The first-order valence-electron chi connectivity index (χ1n) is 4.20. The fourth-order valence-corrected chi connectivity index (χ4v) is 1.22. The van der Waals surface area contributed by atoms with Crippen LogP contribution in [0.5, 0.6) is 0 Å². The van der Waals surface area contributed by atoms with Crippen LogP contribution in [0.1, 0.15) is 17.3 Å². The number of amides is 1. The molecule has 5 heteroatoms. The minimum atomic E-state index is -0.604. The van der Waals surface area contributed by atoms with Crippen LogP contribution in [0, 0.1) is 0 Å². The van der Waals surface area contributed by atoms with E-state index >= 15 is 0 Å². The van der Waals surface area contributed by atoms with E-state index in [0.717, 1.165) is 0 Å². The van der Waals surface area contributed by atoms with Crippen molar-refractivity contribution in [1.82, 2.24) is 0 Å². The Morgan fingerprint density at radius 3 is 2.53 bits per heavy atom. The normalized spacial score (nSPS) is 9.53. The molecule has 0 aliphatic carbocycles. The van der Waals surface area contributed by atoms with Crippen LogP contribution in [0.4, 0.5) is 10.5 Å². The number of ketones is 1. The van der Waals surface area contributed by atoms with Crippen LogP contribution in [0.3, 0.4) is 0 Å². The molecule has 0 atom stereocenters. The van der Waals surface area contributed by atoms with E-state index in [-0.39, 0.29) is 5.78 Å². The Balaban J connectivity index is 2.93. The van der Waals surface area contributed by atoms with Crippen LogP contribution in [0.25, 0.3) is 0 Å². The molecule has 4 nitrogen and oxygen atoms in total. The van der Waals surface area contributed by atoms with Gasteiger partial charge in [0.05, 0.1) is 17.8 Å². The molecule has 0 saturated carbocycles. The third-order valence-electron chi connectivity index (χ3n) is 1.80. The maximum atomic E-state index is 11.0. The van der Waals surface area contributed by atoms with Gasteiger partial charge in [0.25, 0.3) is 0 Å². The molecule has 0 radical (unpaired) electrons. The zero-order valence-corrected chi connectivity index (χ0v) is 9.09. The molecule has 1 aromatic carbocycles. The van der Waals surface area contributed by atoms with E-state index in [1.807, 2.05) is 0 Å². The molecule has 0 saturated heterocycles. The van der Waals surface area contributed by atoms with Gasteiger partial charge in [-0.05, 0) is 25.1 Å². The molecule has 1 rings (SSSR count). The van der Waals surface area contributed by atoms with Gasteiger partial charge < -0.3 is 4.74 Å².